The Hall–Kier alpha value is -1.34. The molecule has 0 saturated heterocycles. The van der Waals surface area contributed by atoms with E-state index in [1.165, 1.54) is 6.92 Å². The molecule has 14 heavy (non-hydrogen) atoms. The molecular formula is C7H16N4O3. The van der Waals surface area contributed by atoms with Gasteiger partial charge in [0.05, 0.1) is 0 Å². The lowest BCUT2D eigenvalue weighted by Crippen LogP contribution is -2.61. The molecule has 0 fully saturated rings. The Labute approximate surface area is 82.0 Å². The maximum Gasteiger partial charge on any atom is 0.326 e. The zero-order valence-corrected chi connectivity index (χ0v) is 8.26. The fourth-order valence-electron chi connectivity index (χ4n) is 0.651. The standard InChI is InChI=1S/C7H16N4O3/c1-3-4-9-5(12)7(2,14)11-10-6(8)13/h11,14H,3-4H2,1-2H3,(H,9,12)(H3,8,10,13). The second-order valence-corrected chi connectivity index (χ2v) is 2.94. The highest BCUT2D eigenvalue weighted by molar-refractivity contribution is 5.84. The minimum atomic E-state index is -1.87. The molecule has 82 valence electrons. The highest BCUT2D eigenvalue weighted by atomic mass is 16.3. The summed E-state index contributed by atoms with van der Waals surface area (Å²) in [5, 5.41) is 11.9. The monoisotopic (exact) mass is 204 g/mol. The van der Waals surface area contributed by atoms with E-state index in [1.54, 1.807) is 0 Å². The third-order valence-corrected chi connectivity index (χ3v) is 1.41. The topological polar surface area (TPSA) is 116 Å². The van der Waals surface area contributed by atoms with E-state index < -0.39 is 17.7 Å². The molecule has 0 aliphatic heterocycles. The van der Waals surface area contributed by atoms with Gasteiger partial charge in [-0.05, 0) is 13.3 Å². The Balaban J connectivity index is 4.02. The van der Waals surface area contributed by atoms with Crippen molar-refractivity contribution in [1.29, 1.82) is 0 Å². The van der Waals surface area contributed by atoms with Crippen molar-refractivity contribution in [3.8, 4) is 0 Å². The molecule has 0 spiro atoms. The average molecular weight is 204 g/mol. The number of urea groups is 1. The molecule has 0 rings (SSSR count). The number of nitrogens with two attached hydrogens (primary N) is 1. The van der Waals surface area contributed by atoms with Gasteiger partial charge in [0.2, 0.25) is 5.72 Å². The van der Waals surface area contributed by atoms with Crippen molar-refractivity contribution in [2.45, 2.75) is 26.0 Å². The van der Waals surface area contributed by atoms with Gasteiger partial charge < -0.3 is 16.2 Å². The van der Waals surface area contributed by atoms with Crippen molar-refractivity contribution in [3.63, 3.8) is 0 Å². The van der Waals surface area contributed by atoms with Gasteiger partial charge in [-0.2, -0.15) is 5.43 Å². The highest BCUT2D eigenvalue weighted by Crippen LogP contribution is 1.95. The first kappa shape index (κ1) is 12.7. The molecule has 0 aromatic rings. The van der Waals surface area contributed by atoms with Crippen LogP contribution in [0.5, 0.6) is 0 Å². The highest BCUT2D eigenvalue weighted by Gasteiger charge is 2.29. The summed E-state index contributed by atoms with van der Waals surface area (Å²) in [5.74, 6) is -0.631. The average Bonchev–Trinajstić information content (AvgIpc) is 2.11. The third-order valence-electron chi connectivity index (χ3n) is 1.41. The molecule has 3 amide bonds. The van der Waals surface area contributed by atoms with Crippen LogP contribution in [-0.2, 0) is 4.79 Å². The van der Waals surface area contributed by atoms with Crippen LogP contribution in [0.25, 0.3) is 0 Å². The number of carbonyl (C=O) groups is 2. The van der Waals surface area contributed by atoms with Crippen molar-refractivity contribution in [3.05, 3.63) is 0 Å². The molecule has 7 nitrogen and oxygen atoms in total. The number of hydrogen-bond acceptors (Lipinski definition) is 4. The van der Waals surface area contributed by atoms with E-state index in [-0.39, 0.29) is 0 Å². The zero-order valence-electron chi connectivity index (χ0n) is 8.26. The molecule has 0 saturated carbocycles. The van der Waals surface area contributed by atoms with Crippen LogP contribution in [0.4, 0.5) is 4.79 Å². The molecule has 0 radical (unpaired) electrons. The normalized spacial score (nSPS) is 14.2. The van der Waals surface area contributed by atoms with Gasteiger partial charge in [0, 0.05) is 6.54 Å². The lowest BCUT2D eigenvalue weighted by Gasteiger charge is -2.23. The van der Waals surface area contributed by atoms with E-state index in [4.69, 9.17) is 5.73 Å². The van der Waals surface area contributed by atoms with E-state index in [9.17, 15) is 14.7 Å². The Morgan fingerprint density at radius 3 is 2.50 bits per heavy atom. The number of amides is 3. The van der Waals surface area contributed by atoms with Crippen LogP contribution in [0.15, 0.2) is 0 Å². The van der Waals surface area contributed by atoms with Crippen molar-refractivity contribution in [2.24, 2.45) is 5.73 Å². The van der Waals surface area contributed by atoms with Crippen LogP contribution >= 0.6 is 0 Å². The predicted molar refractivity (Wildman–Crippen MR) is 49.8 cm³/mol. The van der Waals surface area contributed by atoms with Gasteiger partial charge in [-0.25, -0.2) is 4.79 Å². The summed E-state index contributed by atoms with van der Waals surface area (Å²) in [7, 11) is 0. The fraction of sp³-hybridized carbons (Fsp3) is 0.714. The molecular weight excluding hydrogens is 188 g/mol. The van der Waals surface area contributed by atoms with Crippen LogP contribution < -0.4 is 21.9 Å². The minimum Gasteiger partial charge on any atom is -0.366 e. The molecule has 0 aliphatic carbocycles. The lowest BCUT2D eigenvalue weighted by molar-refractivity contribution is -0.142. The van der Waals surface area contributed by atoms with E-state index in [0.717, 1.165) is 6.42 Å². The number of nitrogens with one attached hydrogen (secondary N) is 3. The van der Waals surface area contributed by atoms with Crippen LogP contribution in [0.1, 0.15) is 20.3 Å². The van der Waals surface area contributed by atoms with Gasteiger partial charge in [0.15, 0.2) is 0 Å². The van der Waals surface area contributed by atoms with Crippen molar-refractivity contribution < 1.29 is 14.7 Å². The quantitative estimate of drug-likeness (QED) is 0.274. The summed E-state index contributed by atoms with van der Waals surface area (Å²) < 4.78 is 0. The van der Waals surface area contributed by atoms with Gasteiger partial charge in [0.1, 0.15) is 0 Å². The molecule has 1 atom stereocenters. The van der Waals surface area contributed by atoms with E-state index in [1.807, 2.05) is 12.3 Å². The molecule has 7 heteroatoms. The van der Waals surface area contributed by atoms with Crippen molar-refractivity contribution in [2.75, 3.05) is 6.54 Å². The minimum absolute atomic E-state index is 0.452. The Kier molecular flexibility index (Phi) is 4.89. The van der Waals surface area contributed by atoms with Crippen LogP contribution in [-0.4, -0.2) is 29.3 Å². The number of carbonyl (C=O) groups excluding carboxylic acids is 2. The van der Waals surface area contributed by atoms with Crippen molar-refractivity contribution >= 4 is 11.9 Å². The fourth-order valence-corrected chi connectivity index (χ4v) is 0.651. The summed E-state index contributed by atoms with van der Waals surface area (Å²) in [5.41, 5.74) is 6.88. The molecule has 6 N–H and O–H groups in total. The number of primary amides is 1. The van der Waals surface area contributed by atoms with Crippen LogP contribution in [0.2, 0.25) is 0 Å². The summed E-state index contributed by atoms with van der Waals surface area (Å²) >= 11 is 0. The summed E-state index contributed by atoms with van der Waals surface area (Å²) in [6, 6.07) is -0.881. The van der Waals surface area contributed by atoms with Gasteiger partial charge >= 0.3 is 6.03 Å². The number of rotatable bonds is 5. The second-order valence-electron chi connectivity index (χ2n) is 2.94. The zero-order chi connectivity index (χ0) is 11.2. The first-order valence-corrected chi connectivity index (χ1v) is 4.23. The SMILES string of the molecule is CCCNC(=O)C(C)(O)NNC(N)=O. The van der Waals surface area contributed by atoms with Crippen molar-refractivity contribution in [1.82, 2.24) is 16.2 Å². The summed E-state index contributed by atoms with van der Waals surface area (Å²) in [6.45, 7) is 3.53. The summed E-state index contributed by atoms with van der Waals surface area (Å²) in [6.07, 6.45) is 0.755. The van der Waals surface area contributed by atoms with Gasteiger partial charge in [-0.3, -0.25) is 10.2 Å². The van der Waals surface area contributed by atoms with Crippen LogP contribution in [0, 0.1) is 0 Å². The molecule has 0 aliphatic rings. The predicted octanol–water partition coefficient (Wildman–Crippen LogP) is -1.61. The molecule has 0 heterocycles. The van der Waals surface area contributed by atoms with Gasteiger partial charge in [0.25, 0.3) is 5.91 Å². The smallest absolute Gasteiger partial charge is 0.326 e. The molecule has 0 aromatic heterocycles. The molecule has 1 unspecified atom stereocenters. The first-order valence-electron chi connectivity index (χ1n) is 4.23. The Bertz CT molecular complexity index is 217. The third kappa shape index (κ3) is 4.63. The van der Waals surface area contributed by atoms with Crippen LogP contribution in [0.3, 0.4) is 0 Å². The van der Waals surface area contributed by atoms with E-state index in [2.05, 4.69) is 10.7 Å². The maximum absolute atomic E-state index is 11.2. The number of aliphatic hydroxyl groups is 1. The number of hydrogen-bond donors (Lipinski definition) is 5. The number of hydrazine groups is 1. The lowest BCUT2D eigenvalue weighted by atomic mass is 10.2. The second kappa shape index (κ2) is 5.40. The Morgan fingerprint density at radius 2 is 2.07 bits per heavy atom. The Morgan fingerprint density at radius 1 is 1.50 bits per heavy atom. The molecule has 0 bridgehead atoms. The summed E-state index contributed by atoms with van der Waals surface area (Å²) in [4.78, 5) is 21.5. The van der Waals surface area contributed by atoms with Gasteiger partial charge in [-0.15, -0.1) is 0 Å². The first-order chi connectivity index (χ1) is 6.40. The van der Waals surface area contributed by atoms with E-state index >= 15 is 0 Å². The maximum atomic E-state index is 11.2. The van der Waals surface area contributed by atoms with Gasteiger partial charge in [-0.1, -0.05) is 6.92 Å². The molecule has 0 aromatic carbocycles. The largest absolute Gasteiger partial charge is 0.366 e. The van der Waals surface area contributed by atoms with E-state index in [0.29, 0.717) is 6.54 Å².